The number of carbonyl (C=O) groups excluding carboxylic acids is 1. The number of aromatic nitrogens is 1. The first-order valence-electron chi connectivity index (χ1n) is 6.95. The van der Waals surface area contributed by atoms with Gasteiger partial charge >= 0.3 is 0 Å². The van der Waals surface area contributed by atoms with Crippen LogP contribution in [0, 0.1) is 11.2 Å². The molecule has 0 bridgehead atoms. The SMILES string of the molecule is CC(C)(C)[C@@H](NC(=O)c1ccncc1Cl)c1ccc(F)cc1. The Labute approximate surface area is 134 Å². The summed E-state index contributed by atoms with van der Waals surface area (Å²) in [6.07, 6.45) is 2.95. The molecule has 1 N–H and O–H groups in total. The van der Waals surface area contributed by atoms with E-state index < -0.39 is 0 Å². The van der Waals surface area contributed by atoms with Gasteiger partial charge in [0.1, 0.15) is 5.82 Å². The molecular weight excluding hydrogens is 303 g/mol. The van der Waals surface area contributed by atoms with Crippen LogP contribution < -0.4 is 5.32 Å². The molecular formula is C17H18ClFN2O. The highest BCUT2D eigenvalue weighted by Crippen LogP contribution is 2.33. The normalized spacial score (nSPS) is 12.8. The van der Waals surface area contributed by atoms with Crippen LogP contribution in [0.3, 0.4) is 0 Å². The summed E-state index contributed by atoms with van der Waals surface area (Å²) in [6.45, 7) is 6.03. The Morgan fingerprint density at radius 2 is 1.86 bits per heavy atom. The van der Waals surface area contributed by atoms with Crippen LogP contribution in [0.5, 0.6) is 0 Å². The van der Waals surface area contributed by atoms with Crippen molar-refractivity contribution in [2.45, 2.75) is 26.8 Å². The van der Waals surface area contributed by atoms with E-state index in [0.29, 0.717) is 10.6 Å². The van der Waals surface area contributed by atoms with Gasteiger partial charge in [-0.25, -0.2) is 4.39 Å². The van der Waals surface area contributed by atoms with Gasteiger partial charge in [0.15, 0.2) is 0 Å². The van der Waals surface area contributed by atoms with Crippen molar-refractivity contribution in [3.8, 4) is 0 Å². The molecule has 0 saturated heterocycles. The summed E-state index contributed by atoms with van der Waals surface area (Å²) < 4.78 is 13.1. The van der Waals surface area contributed by atoms with Crippen molar-refractivity contribution in [1.82, 2.24) is 10.3 Å². The second-order valence-electron chi connectivity index (χ2n) is 6.18. The minimum Gasteiger partial charge on any atom is -0.345 e. The third-order valence-corrected chi connectivity index (χ3v) is 3.66. The van der Waals surface area contributed by atoms with E-state index in [2.05, 4.69) is 10.3 Å². The zero-order valence-corrected chi connectivity index (χ0v) is 13.5. The highest BCUT2D eigenvalue weighted by molar-refractivity contribution is 6.33. The maximum atomic E-state index is 13.1. The fourth-order valence-electron chi connectivity index (χ4n) is 2.22. The second kappa shape index (κ2) is 6.44. The smallest absolute Gasteiger partial charge is 0.253 e. The van der Waals surface area contributed by atoms with Gasteiger partial charge in [0.2, 0.25) is 0 Å². The van der Waals surface area contributed by atoms with Crippen LogP contribution in [-0.2, 0) is 0 Å². The summed E-state index contributed by atoms with van der Waals surface area (Å²) >= 11 is 6.01. The summed E-state index contributed by atoms with van der Waals surface area (Å²) in [7, 11) is 0. The summed E-state index contributed by atoms with van der Waals surface area (Å²) in [5.74, 6) is -0.587. The van der Waals surface area contributed by atoms with Crippen LogP contribution in [0.1, 0.15) is 42.7 Å². The van der Waals surface area contributed by atoms with Gasteiger partial charge in [0.25, 0.3) is 5.91 Å². The number of pyridine rings is 1. The van der Waals surface area contributed by atoms with Crippen molar-refractivity contribution in [3.63, 3.8) is 0 Å². The van der Waals surface area contributed by atoms with Crippen LogP contribution in [0.4, 0.5) is 4.39 Å². The maximum absolute atomic E-state index is 13.1. The zero-order chi connectivity index (χ0) is 16.3. The molecule has 1 heterocycles. The monoisotopic (exact) mass is 320 g/mol. The Hall–Kier alpha value is -1.94. The van der Waals surface area contributed by atoms with Crippen molar-refractivity contribution in [2.24, 2.45) is 5.41 Å². The number of nitrogens with zero attached hydrogens (tertiary/aromatic N) is 1. The number of carbonyl (C=O) groups is 1. The van der Waals surface area contributed by atoms with Crippen molar-refractivity contribution < 1.29 is 9.18 Å². The molecule has 5 heteroatoms. The maximum Gasteiger partial charge on any atom is 0.253 e. The van der Waals surface area contributed by atoms with E-state index in [1.54, 1.807) is 18.2 Å². The molecule has 0 aliphatic heterocycles. The number of benzene rings is 1. The molecule has 0 aliphatic rings. The van der Waals surface area contributed by atoms with Gasteiger partial charge in [-0.05, 0) is 29.2 Å². The van der Waals surface area contributed by atoms with E-state index in [1.807, 2.05) is 20.8 Å². The molecule has 2 aromatic rings. The van der Waals surface area contributed by atoms with E-state index in [1.165, 1.54) is 24.5 Å². The van der Waals surface area contributed by atoms with Crippen molar-refractivity contribution in [1.29, 1.82) is 0 Å². The number of halogens is 2. The molecule has 0 spiro atoms. The first-order chi connectivity index (χ1) is 10.3. The van der Waals surface area contributed by atoms with Crippen LogP contribution >= 0.6 is 11.6 Å². The summed E-state index contributed by atoms with van der Waals surface area (Å²) in [5.41, 5.74) is 0.966. The quantitative estimate of drug-likeness (QED) is 0.911. The standard InChI is InChI=1S/C17H18ClFN2O/c1-17(2,3)15(11-4-6-12(19)7-5-11)21-16(22)13-8-9-20-10-14(13)18/h4-10,15H,1-3H3,(H,21,22)/t15-/m0/s1. The van der Waals surface area contributed by atoms with Gasteiger partial charge in [-0.3, -0.25) is 9.78 Å². The summed E-state index contributed by atoms with van der Waals surface area (Å²) in [4.78, 5) is 16.3. The van der Waals surface area contributed by atoms with E-state index in [9.17, 15) is 9.18 Å². The number of nitrogens with one attached hydrogen (secondary N) is 1. The molecule has 3 nitrogen and oxygen atoms in total. The Morgan fingerprint density at radius 3 is 2.41 bits per heavy atom. The Balaban J connectivity index is 2.30. The van der Waals surface area contributed by atoms with Crippen molar-refractivity contribution >= 4 is 17.5 Å². The van der Waals surface area contributed by atoms with E-state index in [0.717, 1.165) is 5.56 Å². The third-order valence-electron chi connectivity index (χ3n) is 3.36. The molecule has 1 amide bonds. The highest BCUT2D eigenvalue weighted by Gasteiger charge is 2.28. The molecule has 0 aliphatic carbocycles. The minimum absolute atomic E-state index is 0.243. The molecule has 0 saturated carbocycles. The van der Waals surface area contributed by atoms with Crippen molar-refractivity contribution in [2.75, 3.05) is 0 Å². The number of amides is 1. The Morgan fingerprint density at radius 1 is 1.23 bits per heavy atom. The summed E-state index contributed by atoms with van der Waals surface area (Å²) in [6, 6.07) is 7.44. The summed E-state index contributed by atoms with van der Waals surface area (Å²) in [5, 5.41) is 3.27. The van der Waals surface area contributed by atoms with Gasteiger partial charge in [-0.15, -0.1) is 0 Å². The molecule has 2 rings (SSSR count). The molecule has 1 aromatic carbocycles. The average Bonchev–Trinajstić information content (AvgIpc) is 2.45. The van der Waals surface area contributed by atoms with Crippen LogP contribution in [0.2, 0.25) is 5.02 Å². The predicted octanol–water partition coefficient (Wildman–Crippen LogP) is 4.39. The van der Waals surface area contributed by atoms with Crippen LogP contribution in [-0.4, -0.2) is 10.9 Å². The van der Waals surface area contributed by atoms with Crippen molar-refractivity contribution in [3.05, 3.63) is 64.7 Å². The predicted molar refractivity (Wildman–Crippen MR) is 85.3 cm³/mol. The van der Waals surface area contributed by atoms with E-state index >= 15 is 0 Å². The number of hydrogen-bond donors (Lipinski definition) is 1. The van der Waals surface area contributed by atoms with Gasteiger partial charge in [0.05, 0.1) is 16.6 Å². The number of hydrogen-bond acceptors (Lipinski definition) is 2. The van der Waals surface area contributed by atoms with Gasteiger partial charge in [-0.2, -0.15) is 0 Å². The Bertz CT molecular complexity index is 665. The fraction of sp³-hybridized carbons (Fsp3) is 0.294. The second-order valence-corrected chi connectivity index (χ2v) is 6.59. The van der Waals surface area contributed by atoms with Gasteiger partial charge < -0.3 is 5.32 Å². The largest absolute Gasteiger partial charge is 0.345 e. The third kappa shape index (κ3) is 3.83. The first-order valence-corrected chi connectivity index (χ1v) is 7.32. The van der Waals surface area contributed by atoms with E-state index in [-0.39, 0.29) is 23.2 Å². The van der Waals surface area contributed by atoms with Gasteiger partial charge in [-0.1, -0.05) is 44.5 Å². The van der Waals surface area contributed by atoms with Crippen LogP contribution in [0.15, 0.2) is 42.7 Å². The lowest BCUT2D eigenvalue weighted by Gasteiger charge is -2.32. The molecule has 1 aromatic heterocycles. The highest BCUT2D eigenvalue weighted by atomic mass is 35.5. The lowest BCUT2D eigenvalue weighted by molar-refractivity contribution is 0.0902. The average molecular weight is 321 g/mol. The molecule has 0 fully saturated rings. The molecule has 0 unspecified atom stereocenters. The number of rotatable bonds is 3. The lowest BCUT2D eigenvalue weighted by atomic mass is 9.82. The fourth-order valence-corrected chi connectivity index (χ4v) is 2.43. The molecule has 1 atom stereocenters. The molecule has 116 valence electrons. The Kier molecular flexibility index (Phi) is 4.81. The topological polar surface area (TPSA) is 42.0 Å². The first kappa shape index (κ1) is 16.4. The van der Waals surface area contributed by atoms with Crippen LogP contribution in [0.25, 0.3) is 0 Å². The van der Waals surface area contributed by atoms with E-state index in [4.69, 9.17) is 11.6 Å². The van der Waals surface area contributed by atoms with Gasteiger partial charge in [0, 0.05) is 12.4 Å². The molecule has 0 radical (unpaired) electrons. The minimum atomic E-state index is -0.306. The zero-order valence-electron chi connectivity index (χ0n) is 12.7. The molecule has 22 heavy (non-hydrogen) atoms. The lowest BCUT2D eigenvalue weighted by Crippen LogP contribution is -2.36.